The molecule has 0 aliphatic heterocycles. The molecule has 0 aliphatic rings. The van der Waals surface area contributed by atoms with E-state index in [1.807, 2.05) is 45.0 Å². The summed E-state index contributed by atoms with van der Waals surface area (Å²) in [7, 11) is -4.26. The maximum Gasteiger partial charge on any atom is 0.264 e. The van der Waals surface area contributed by atoms with Crippen LogP contribution in [0.25, 0.3) is 0 Å². The highest BCUT2D eigenvalue weighted by molar-refractivity contribution is 7.92. The Morgan fingerprint density at radius 1 is 0.975 bits per heavy atom. The molecule has 3 aromatic carbocycles. The number of benzene rings is 3. The minimum atomic E-state index is -4.26. The van der Waals surface area contributed by atoms with Gasteiger partial charge in [-0.2, -0.15) is 0 Å². The lowest BCUT2D eigenvalue weighted by atomic mass is 10.1. The van der Waals surface area contributed by atoms with Gasteiger partial charge in [0.2, 0.25) is 11.8 Å². The van der Waals surface area contributed by atoms with Crippen LogP contribution in [0.15, 0.2) is 77.7 Å². The Balaban J connectivity index is 2.07. The molecule has 0 radical (unpaired) electrons. The van der Waals surface area contributed by atoms with Crippen molar-refractivity contribution >= 4 is 39.1 Å². The Bertz CT molecular complexity index is 1440. The molecule has 0 spiro atoms. The first-order valence-electron chi connectivity index (χ1n) is 13.2. The summed E-state index contributed by atoms with van der Waals surface area (Å²) in [6.07, 6.45) is 1.02. The van der Waals surface area contributed by atoms with E-state index < -0.39 is 34.3 Å². The van der Waals surface area contributed by atoms with Crippen LogP contribution in [0.4, 0.5) is 10.1 Å². The molecule has 0 saturated carbocycles. The lowest BCUT2D eigenvalue weighted by molar-refractivity contribution is -0.140. The van der Waals surface area contributed by atoms with Crippen molar-refractivity contribution in [1.29, 1.82) is 0 Å². The van der Waals surface area contributed by atoms with Crippen molar-refractivity contribution in [2.45, 2.75) is 64.1 Å². The van der Waals surface area contributed by atoms with E-state index in [9.17, 15) is 22.4 Å². The minimum Gasteiger partial charge on any atom is -0.352 e. The molecule has 7 nitrogen and oxygen atoms in total. The maximum atomic E-state index is 14.0. The zero-order valence-corrected chi connectivity index (χ0v) is 24.7. The molecule has 2 amide bonds. The molecular formula is C30H35ClFN3O4S. The van der Waals surface area contributed by atoms with E-state index in [1.54, 1.807) is 25.1 Å². The smallest absolute Gasteiger partial charge is 0.264 e. The van der Waals surface area contributed by atoms with Gasteiger partial charge in [0.25, 0.3) is 10.0 Å². The van der Waals surface area contributed by atoms with Gasteiger partial charge in [-0.05, 0) is 62.6 Å². The summed E-state index contributed by atoms with van der Waals surface area (Å²) < 4.78 is 42.5. The van der Waals surface area contributed by atoms with E-state index in [0.717, 1.165) is 21.5 Å². The first-order valence-corrected chi connectivity index (χ1v) is 15.0. The highest BCUT2D eigenvalue weighted by Crippen LogP contribution is 2.28. The molecule has 10 heteroatoms. The second-order valence-corrected chi connectivity index (χ2v) is 11.9. The number of carbonyl (C=O) groups excluding carboxylic acids is 2. The van der Waals surface area contributed by atoms with Crippen LogP contribution in [0.2, 0.25) is 5.02 Å². The average Bonchev–Trinajstić information content (AvgIpc) is 2.93. The van der Waals surface area contributed by atoms with E-state index in [4.69, 9.17) is 11.6 Å². The monoisotopic (exact) mass is 587 g/mol. The van der Waals surface area contributed by atoms with Gasteiger partial charge in [0.1, 0.15) is 18.4 Å². The second kappa shape index (κ2) is 13.8. The number of aryl methyl sites for hydroxylation is 1. The third kappa shape index (κ3) is 7.61. The predicted molar refractivity (Wildman–Crippen MR) is 156 cm³/mol. The number of nitrogens with one attached hydrogen (secondary N) is 1. The lowest BCUT2D eigenvalue weighted by Crippen LogP contribution is -2.53. The molecule has 1 N–H and O–H groups in total. The Kier molecular flexibility index (Phi) is 10.7. The number of sulfonamides is 1. The quantitative estimate of drug-likeness (QED) is 0.294. The zero-order valence-electron chi connectivity index (χ0n) is 23.1. The summed E-state index contributed by atoms with van der Waals surface area (Å²) in [6.45, 7) is 7.02. The van der Waals surface area contributed by atoms with Gasteiger partial charge >= 0.3 is 0 Å². The molecule has 214 valence electrons. The summed E-state index contributed by atoms with van der Waals surface area (Å²) in [6, 6.07) is 17.7. The predicted octanol–water partition coefficient (Wildman–Crippen LogP) is 5.70. The minimum absolute atomic E-state index is 0.0243. The Labute approximate surface area is 241 Å². The fraction of sp³-hybridized carbons (Fsp3) is 0.333. The summed E-state index contributed by atoms with van der Waals surface area (Å²) in [5.74, 6) is -1.63. The summed E-state index contributed by atoms with van der Waals surface area (Å²) in [4.78, 5) is 28.7. The molecule has 0 aromatic heterocycles. The zero-order chi connectivity index (χ0) is 29.4. The number of hydrogen-bond donors (Lipinski definition) is 1. The summed E-state index contributed by atoms with van der Waals surface area (Å²) >= 11 is 6.01. The van der Waals surface area contributed by atoms with Gasteiger partial charge in [-0.1, -0.05) is 73.5 Å². The van der Waals surface area contributed by atoms with Crippen LogP contribution in [-0.2, 0) is 26.2 Å². The van der Waals surface area contributed by atoms with E-state index in [1.165, 1.54) is 29.2 Å². The van der Waals surface area contributed by atoms with E-state index in [2.05, 4.69) is 5.32 Å². The number of nitrogens with zero attached hydrogens (tertiary/aromatic N) is 2. The molecule has 0 saturated heterocycles. The van der Waals surface area contributed by atoms with Gasteiger partial charge in [0.15, 0.2) is 0 Å². The molecule has 0 bridgehead atoms. The van der Waals surface area contributed by atoms with Crippen LogP contribution in [0, 0.1) is 12.7 Å². The van der Waals surface area contributed by atoms with Crippen LogP contribution in [0.5, 0.6) is 0 Å². The van der Waals surface area contributed by atoms with Gasteiger partial charge < -0.3 is 10.2 Å². The number of amides is 2. The fourth-order valence-corrected chi connectivity index (χ4v) is 5.86. The van der Waals surface area contributed by atoms with Gasteiger partial charge in [0, 0.05) is 12.6 Å². The van der Waals surface area contributed by atoms with Gasteiger partial charge in [0.05, 0.1) is 15.6 Å². The normalized spacial score (nSPS) is 12.8. The standard InChI is InChI=1S/C30H35ClFN3O4S/c1-5-22(4)33-30(37)28(6-2)34(19-23-12-10-11-21(3)17-23)29(36)20-35(24-15-16-27(32)26(31)18-24)40(38,39)25-13-8-7-9-14-25/h7-18,22,28H,5-6,19-20H2,1-4H3,(H,33,37). The highest BCUT2D eigenvalue weighted by Gasteiger charge is 2.34. The van der Waals surface area contributed by atoms with Crippen molar-refractivity contribution in [3.05, 3.63) is 94.8 Å². The van der Waals surface area contributed by atoms with Crippen molar-refractivity contribution in [2.24, 2.45) is 0 Å². The largest absolute Gasteiger partial charge is 0.352 e. The van der Waals surface area contributed by atoms with Gasteiger partial charge in [-0.3, -0.25) is 13.9 Å². The third-order valence-electron chi connectivity index (χ3n) is 6.62. The molecule has 0 heterocycles. The average molecular weight is 588 g/mol. The molecule has 2 unspecified atom stereocenters. The Hall–Kier alpha value is -3.43. The lowest BCUT2D eigenvalue weighted by Gasteiger charge is -2.33. The highest BCUT2D eigenvalue weighted by atomic mass is 35.5. The first kappa shape index (κ1) is 31.1. The number of anilines is 1. The van der Waals surface area contributed by atoms with Crippen LogP contribution in [-0.4, -0.2) is 43.8 Å². The number of rotatable bonds is 12. The van der Waals surface area contributed by atoms with Gasteiger partial charge in [-0.15, -0.1) is 0 Å². The van der Waals surface area contributed by atoms with Gasteiger partial charge in [-0.25, -0.2) is 12.8 Å². The topological polar surface area (TPSA) is 86.8 Å². The molecule has 3 aromatic rings. The Morgan fingerprint density at radius 3 is 2.27 bits per heavy atom. The van der Waals surface area contributed by atoms with Crippen LogP contribution >= 0.6 is 11.6 Å². The maximum absolute atomic E-state index is 14.0. The molecule has 0 fully saturated rings. The van der Waals surface area contributed by atoms with Crippen molar-refractivity contribution < 1.29 is 22.4 Å². The van der Waals surface area contributed by atoms with Crippen molar-refractivity contribution in [2.75, 3.05) is 10.8 Å². The molecule has 3 rings (SSSR count). The summed E-state index contributed by atoms with van der Waals surface area (Å²) in [5.41, 5.74) is 1.80. The van der Waals surface area contributed by atoms with E-state index >= 15 is 0 Å². The van der Waals surface area contributed by atoms with Crippen LogP contribution in [0.1, 0.15) is 44.7 Å². The second-order valence-electron chi connectivity index (χ2n) is 9.68. The third-order valence-corrected chi connectivity index (χ3v) is 8.70. The molecule has 0 aliphatic carbocycles. The fourth-order valence-electron chi connectivity index (χ4n) is 4.26. The van der Waals surface area contributed by atoms with Crippen molar-refractivity contribution in [1.82, 2.24) is 10.2 Å². The van der Waals surface area contributed by atoms with Crippen molar-refractivity contribution in [3.63, 3.8) is 0 Å². The number of carbonyl (C=O) groups is 2. The molecule has 40 heavy (non-hydrogen) atoms. The van der Waals surface area contributed by atoms with Crippen molar-refractivity contribution in [3.8, 4) is 0 Å². The SMILES string of the molecule is CCC(C)NC(=O)C(CC)N(Cc1cccc(C)c1)C(=O)CN(c1ccc(F)c(Cl)c1)S(=O)(=O)c1ccccc1. The number of halogens is 2. The molecule has 2 atom stereocenters. The van der Waals surface area contributed by atoms with E-state index in [-0.39, 0.29) is 34.1 Å². The van der Waals surface area contributed by atoms with Crippen LogP contribution < -0.4 is 9.62 Å². The van der Waals surface area contributed by atoms with Crippen LogP contribution in [0.3, 0.4) is 0 Å². The summed E-state index contributed by atoms with van der Waals surface area (Å²) in [5, 5.41) is 2.66. The Morgan fingerprint density at radius 2 is 1.68 bits per heavy atom. The first-order chi connectivity index (χ1) is 19.0. The van der Waals surface area contributed by atoms with E-state index in [0.29, 0.717) is 12.8 Å². The molecular weight excluding hydrogens is 553 g/mol. The number of hydrogen-bond acceptors (Lipinski definition) is 4.